The number of amides is 2. The molecule has 0 bridgehead atoms. The fourth-order valence-electron chi connectivity index (χ4n) is 3.58. The van der Waals surface area contributed by atoms with E-state index in [0.717, 1.165) is 12.5 Å². The number of carbonyl (C=O) groups is 3. The zero-order valence-corrected chi connectivity index (χ0v) is 20.8. The smallest absolute Gasteiger partial charge is 0.338 e. The first-order valence-corrected chi connectivity index (χ1v) is 12.8. The van der Waals surface area contributed by atoms with Gasteiger partial charge in [0.25, 0.3) is 15.9 Å². The van der Waals surface area contributed by atoms with Gasteiger partial charge in [-0.2, -0.15) is 0 Å². The molecule has 0 spiro atoms. The number of esters is 1. The number of sulfonamides is 1. The van der Waals surface area contributed by atoms with Crippen LogP contribution in [0.4, 0.5) is 5.69 Å². The number of carbonyl (C=O) groups excluding carboxylic acids is 3. The first-order chi connectivity index (χ1) is 17.7. The molecule has 0 saturated heterocycles. The van der Waals surface area contributed by atoms with Crippen LogP contribution in [0, 0.1) is 0 Å². The van der Waals surface area contributed by atoms with E-state index in [2.05, 4.69) is 15.3 Å². The standard InChI is InChI=1S/C26H24N4O6S/c1-3-23(25(32)27-19-10-12-20(13-11-19)37(34,35)30-16(2)31)36-26(33)18-9-14-21-22(15-18)29-24(28-21)17-7-5-4-6-8-17/h4-15,23H,3H2,1-2H3,(H,27,32)(H,28,29)(H,30,31). The number of imidazole rings is 1. The average molecular weight is 521 g/mol. The highest BCUT2D eigenvalue weighted by atomic mass is 32.2. The Hall–Kier alpha value is -4.51. The minimum absolute atomic E-state index is 0.135. The molecule has 190 valence electrons. The lowest BCUT2D eigenvalue weighted by Gasteiger charge is -2.16. The molecule has 0 aliphatic carbocycles. The van der Waals surface area contributed by atoms with E-state index >= 15 is 0 Å². The molecular weight excluding hydrogens is 496 g/mol. The molecule has 1 unspecified atom stereocenters. The molecule has 4 aromatic rings. The molecule has 10 nitrogen and oxygen atoms in total. The van der Waals surface area contributed by atoms with E-state index in [4.69, 9.17) is 4.74 Å². The molecule has 0 aliphatic heterocycles. The van der Waals surface area contributed by atoms with Crippen LogP contribution in [0.2, 0.25) is 0 Å². The van der Waals surface area contributed by atoms with Gasteiger partial charge in [-0.05, 0) is 48.9 Å². The Kier molecular flexibility index (Phi) is 7.35. The van der Waals surface area contributed by atoms with E-state index in [1.807, 2.05) is 35.1 Å². The first-order valence-electron chi connectivity index (χ1n) is 11.4. The van der Waals surface area contributed by atoms with E-state index in [1.54, 1.807) is 25.1 Å². The molecule has 1 heterocycles. The number of aromatic nitrogens is 2. The molecule has 3 N–H and O–H groups in total. The summed E-state index contributed by atoms with van der Waals surface area (Å²) in [6.07, 6.45) is -0.857. The van der Waals surface area contributed by atoms with Crippen molar-refractivity contribution in [1.29, 1.82) is 0 Å². The molecule has 4 rings (SSSR count). The minimum Gasteiger partial charge on any atom is -0.449 e. The summed E-state index contributed by atoms with van der Waals surface area (Å²) < 4.78 is 31.4. The van der Waals surface area contributed by atoms with Gasteiger partial charge in [-0.3, -0.25) is 9.59 Å². The van der Waals surface area contributed by atoms with Gasteiger partial charge in [-0.15, -0.1) is 0 Å². The normalized spacial score (nSPS) is 12.1. The molecule has 2 amide bonds. The Labute approximate surface area is 213 Å². The van der Waals surface area contributed by atoms with Gasteiger partial charge < -0.3 is 15.0 Å². The van der Waals surface area contributed by atoms with Gasteiger partial charge in [0.2, 0.25) is 5.91 Å². The van der Waals surface area contributed by atoms with Crippen LogP contribution in [0.1, 0.15) is 30.6 Å². The third kappa shape index (κ3) is 6.01. The Bertz CT molecular complexity index is 1560. The summed E-state index contributed by atoms with van der Waals surface area (Å²) in [4.78, 5) is 44.2. The van der Waals surface area contributed by atoms with Gasteiger partial charge in [-0.25, -0.2) is 22.9 Å². The number of hydrogen-bond acceptors (Lipinski definition) is 7. The van der Waals surface area contributed by atoms with Crippen molar-refractivity contribution in [2.45, 2.75) is 31.3 Å². The molecule has 0 saturated carbocycles. The van der Waals surface area contributed by atoms with Crippen molar-refractivity contribution in [2.75, 3.05) is 5.32 Å². The highest BCUT2D eigenvalue weighted by Gasteiger charge is 2.23. The number of rotatable bonds is 8. The van der Waals surface area contributed by atoms with Crippen LogP contribution in [0.25, 0.3) is 22.4 Å². The van der Waals surface area contributed by atoms with Crippen molar-refractivity contribution in [3.63, 3.8) is 0 Å². The fourth-order valence-corrected chi connectivity index (χ4v) is 4.57. The largest absolute Gasteiger partial charge is 0.449 e. The van der Waals surface area contributed by atoms with E-state index in [9.17, 15) is 22.8 Å². The summed E-state index contributed by atoms with van der Waals surface area (Å²) in [5, 5.41) is 2.61. The molecule has 1 atom stereocenters. The Morgan fingerprint density at radius 3 is 2.35 bits per heavy atom. The summed E-state index contributed by atoms with van der Waals surface area (Å²) in [5.41, 5.74) is 2.80. The van der Waals surface area contributed by atoms with E-state index in [1.165, 1.54) is 24.3 Å². The highest BCUT2D eigenvalue weighted by molar-refractivity contribution is 7.90. The van der Waals surface area contributed by atoms with Gasteiger partial charge in [0, 0.05) is 18.2 Å². The number of nitrogens with one attached hydrogen (secondary N) is 3. The third-order valence-electron chi connectivity index (χ3n) is 5.39. The summed E-state index contributed by atoms with van der Waals surface area (Å²) in [6, 6.07) is 19.7. The second-order valence-corrected chi connectivity index (χ2v) is 9.84. The fraction of sp³-hybridized carbons (Fsp3) is 0.154. The molecule has 3 aromatic carbocycles. The highest BCUT2D eigenvalue weighted by Crippen LogP contribution is 2.22. The predicted octanol–water partition coefficient (Wildman–Crippen LogP) is 3.63. The molecule has 11 heteroatoms. The van der Waals surface area contributed by atoms with Gasteiger partial charge in [-0.1, -0.05) is 37.3 Å². The van der Waals surface area contributed by atoms with E-state index in [0.29, 0.717) is 22.5 Å². The summed E-state index contributed by atoms with van der Waals surface area (Å²) in [7, 11) is -3.99. The maximum absolute atomic E-state index is 12.8. The van der Waals surface area contributed by atoms with Crippen molar-refractivity contribution in [3.05, 3.63) is 78.4 Å². The van der Waals surface area contributed by atoms with Gasteiger partial charge in [0.15, 0.2) is 6.10 Å². The zero-order chi connectivity index (χ0) is 26.6. The van der Waals surface area contributed by atoms with Gasteiger partial charge >= 0.3 is 5.97 Å². The van der Waals surface area contributed by atoms with Crippen molar-refractivity contribution in [1.82, 2.24) is 14.7 Å². The van der Waals surface area contributed by atoms with Crippen LogP contribution in [0.5, 0.6) is 0 Å². The van der Waals surface area contributed by atoms with Crippen molar-refractivity contribution in [3.8, 4) is 11.4 Å². The topological polar surface area (TPSA) is 147 Å². The van der Waals surface area contributed by atoms with E-state index in [-0.39, 0.29) is 16.9 Å². The van der Waals surface area contributed by atoms with E-state index < -0.39 is 33.9 Å². The summed E-state index contributed by atoms with van der Waals surface area (Å²) in [5.74, 6) is -1.28. The second kappa shape index (κ2) is 10.6. The third-order valence-corrected chi connectivity index (χ3v) is 6.84. The number of benzene rings is 3. The lowest BCUT2D eigenvalue weighted by molar-refractivity contribution is -0.124. The molecule has 0 radical (unpaired) electrons. The number of anilines is 1. The number of nitrogens with zero attached hydrogens (tertiary/aromatic N) is 1. The molecule has 0 fully saturated rings. The maximum Gasteiger partial charge on any atom is 0.338 e. The van der Waals surface area contributed by atoms with Crippen molar-refractivity contribution >= 4 is 44.5 Å². The molecule has 37 heavy (non-hydrogen) atoms. The average Bonchev–Trinajstić information content (AvgIpc) is 3.31. The summed E-state index contributed by atoms with van der Waals surface area (Å²) in [6.45, 7) is 2.79. The van der Waals surface area contributed by atoms with Crippen molar-refractivity contribution in [2.24, 2.45) is 0 Å². The molecular formula is C26H24N4O6S. The second-order valence-electron chi connectivity index (χ2n) is 8.16. The first kappa shape index (κ1) is 25.6. The SMILES string of the molecule is CCC(OC(=O)c1ccc2nc(-c3ccccc3)[nH]c2c1)C(=O)Nc1ccc(S(=O)(=O)NC(C)=O)cc1. The lowest BCUT2D eigenvalue weighted by Crippen LogP contribution is -2.32. The molecule has 1 aromatic heterocycles. The van der Waals surface area contributed by atoms with Crippen LogP contribution >= 0.6 is 0 Å². The quantitative estimate of drug-likeness (QED) is 0.301. The predicted molar refractivity (Wildman–Crippen MR) is 137 cm³/mol. The monoisotopic (exact) mass is 520 g/mol. The number of H-pyrrole nitrogens is 1. The van der Waals surface area contributed by atoms with Crippen LogP contribution in [0.15, 0.2) is 77.7 Å². The zero-order valence-electron chi connectivity index (χ0n) is 20.0. The number of aromatic amines is 1. The molecule has 0 aliphatic rings. The van der Waals surface area contributed by atoms with Crippen LogP contribution in [-0.4, -0.2) is 42.3 Å². The Morgan fingerprint density at radius 2 is 1.70 bits per heavy atom. The Morgan fingerprint density at radius 1 is 1.00 bits per heavy atom. The van der Waals surface area contributed by atoms with Crippen LogP contribution in [-0.2, 0) is 24.3 Å². The number of hydrogen-bond donors (Lipinski definition) is 3. The lowest BCUT2D eigenvalue weighted by atomic mass is 10.2. The number of ether oxygens (including phenoxy) is 1. The summed E-state index contributed by atoms with van der Waals surface area (Å²) >= 11 is 0. The van der Waals surface area contributed by atoms with Crippen molar-refractivity contribution < 1.29 is 27.5 Å². The van der Waals surface area contributed by atoms with Gasteiger partial charge in [0.05, 0.1) is 21.5 Å². The van der Waals surface area contributed by atoms with Gasteiger partial charge in [0.1, 0.15) is 5.82 Å². The Balaban J connectivity index is 1.43. The van der Waals surface area contributed by atoms with Crippen LogP contribution in [0.3, 0.4) is 0 Å². The minimum atomic E-state index is -3.99. The maximum atomic E-state index is 12.8. The number of fused-ring (bicyclic) bond motifs is 1. The van der Waals surface area contributed by atoms with Crippen LogP contribution < -0.4 is 10.0 Å².